The molecular weight excluding hydrogens is 490 g/mol. The fourth-order valence-corrected chi connectivity index (χ4v) is 4.01. The van der Waals surface area contributed by atoms with Crippen LogP contribution in [0.25, 0.3) is 10.9 Å². The molecule has 2 rings (SSSR count). The molecule has 10 nitrogen and oxygen atoms in total. The summed E-state index contributed by atoms with van der Waals surface area (Å²) in [5.74, 6) is -3.46. The molecule has 0 aliphatic carbocycles. The van der Waals surface area contributed by atoms with E-state index in [2.05, 4.69) is 46.2 Å². The molecule has 0 fully saturated rings. The molecule has 0 spiro atoms. The van der Waals surface area contributed by atoms with Crippen molar-refractivity contribution in [3.8, 4) is 0 Å². The summed E-state index contributed by atoms with van der Waals surface area (Å²) in [4.78, 5) is 52.8. The van der Waals surface area contributed by atoms with Gasteiger partial charge in [0.25, 0.3) is 0 Å². The Balaban J connectivity index is 2.05. The minimum atomic E-state index is -1.23. The smallest absolute Gasteiger partial charge is 0.327 e. The van der Waals surface area contributed by atoms with E-state index < -0.39 is 47.9 Å². The van der Waals surface area contributed by atoms with Crippen LogP contribution in [0.1, 0.15) is 25.8 Å². The van der Waals surface area contributed by atoms with Gasteiger partial charge in [-0.2, -0.15) is 25.3 Å². The minimum Gasteiger partial charge on any atom is -0.480 e. The first-order valence-corrected chi connectivity index (χ1v) is 12.6. The Kier molecular flexibility index (Phi) is 10.9. The Hall–Kier alpha value is -2.70. The number of H-pyrrole nitrogens is 1. The number of nitrogens with two attached hydrogens (primary N) is 1. The number of aromatic amines is 1. The first-order valence-electron chi connectivity index (χ1n) is 11.3. The third-order valence-corrected chi connectivity index (χ3v) is 6.59. The molecule has 35 heavy (non-hydrogen) atoms. The van der Waals surface area contributed by atoms with Crippen LogP contribution in [-0.4, -0.2) is 69.5 Å². The quantitative estimate of drug-likeness (QED) is 0.178. The lowest BCUT2D eigenvalue weighted by Crippen LogP contribution is -2.59. The zero-order valence-electron chi connectivity index (χ0n) is 19.7. The molecule has 2 aromatic rings. The van der Waals surface area contributed by atoms with E-state index in [4.69, 9.17) is 5.73 Å². The number of fused-ring (bicyclic) bond motifs is 1. The van der Waals surface area contributed by atoms with E-state index in [9.17, 15) is 24.3 Å². The van der Waals surface area contributed by atoms with E-state index in [1.165, 1.54) is 0 Å². The van der Waals surface area contributed by atoms with E-state index in [-0.39, 0.29) is 23.8 Å². The first kappa shape index (κ1) is 28.5. The van der Waals surface area contributed by atoms with Crippen LogP contribution >= 0.6 is 25.3 Å². The van der Waals surface area contributed by atoms with Crippen LogP contribution < -0.4 is 21.7 Å². The van der Waals surface area contributed by atoms with Crippen molar-refractivity contribution in [3.63, 3.8) is 0 Å². The zero-order chi connectivity index (χ0) is 26.1. The second-order valence-corrected chi connectivity index (χ2v) is 9.10. The number of hydrogen-bond donors (Lipinski definition) is 8. The fourth-order valence-electron chi connectivity index (χ4n) is 3.51. The summed E-state index contributed by atoms with van der Waals surface area (Å²) in [7, 11) is 0. The van der Waals surface area contributed by atoms with E-state index in [0.717, 1.165) is 16.5 Å². The van der Waals surface area contributed by atoms with Crippen molar-refractivity contribution in [1.82, 2.24) is 20.9 Å². The van der Waals surface area contributed by atoms with Crippen LogP contribution in [0.2, 0.25) is 0 Å². The van der Waals surface area contributed by atoms with Gasteiger partial charge in [-0.25, -0.2) is 4.79 Å². The normalized spacial score (nSPS) is 15.5. The third kappa shape index (κ3) is 7.64. The van der Waals surface area contributed by atoms with Crippen LogP contribution in [0.5, 0.6) is 0 Å². The number of rotatable bonds is 13. The Bertz CT molecular complexity index is 1050. The average molecular weight is 524 g/mol. The number of carboxylic acids is 1. The summed E-state index contributed by atoms with van der Waals surface area (Å²) >= 11 is 8.12. The number of nitrogens with one attached hydrogen (secondary N) is 4. The molecule has 5 unspecified atom stereocenters. The Morgan fingerprint density at radius 3 is 2.23 bits per heavy atom. The molecule has 0 aliphatic rings. The highest BCUT2D eigenvalue weighted by atomic mass is 32.1. The van der Waals surface area contributed by atoms with Crippen LogP contribution in [0, 0.1) is 5.92 Å². The maximum atomic E-state index is 12.9. The molecule has 5 atom stereocenters. The molecule has 0 saturated heterocycles. The fraction of sp³-hybridized carbons (Fsp3) is 0.478. The predicted octanol–water partition coefficient (Wildman–Crippen LogP) is 0.482. The van der Waals surface area contributed by atoms with Crippen molar-refractivity contribution in [2.75, 3.05) is 11.5 Å². The van der Waals surface area contributed by atoms with Gasteiger partial charge in [0.15, 0.2) is 0 Å². The second-order valence-electron chi connectivity index (χ2n) is 8.37. The molecule has 1 heterocycles. The summed E-state index contributed by atoms with van der Waals surface area (Å²) in [5.41, 5.74) is 7.92. The highest BCUT2D eigenvalue weighted by molar-refractivity contribution is 7.80. The summed E-state index contributed by atoms with van der Waals surface area (Å²) in [5, 5.41) is 17.8. The van der Waals surface area contributed by atoms with Crippen LogP contribution in [0.3, 0.4) is 0 Å². The number of aliphatic carboxylic acids is 1. The summed E-state index contributed by atoms with van der Waals surface area (Å²) in [6.07, 6.45) is 2.60. The van der Waals surface area contributed by atoms with Gasteiger partial charge in [0, 0.05) is 28.6 Å². The summed E-state index contributed by atoms with van der Waals surface area (Å²) < 4.78 is 0. The molecule has 7 N–H and O–H groups in total. The van der Waals surface area contributed by atoms with Gasteiger partial charge in [0.1, 0.15) is 18.1 Å². The van der Waals surface area contributed by atoms with E-state index in [1.807, 2.05) is 31.2 Å². The number of aromatic nitrogens is 1. The largest absolute Gasteiger partial charge is 0.480 e. The number of carbonyl (C=O) groups is 4. The maximum Gasteiger partial charge on any atom is 0.327 e. The molecule has 3 amide bonds. The van der Waals surface area contributed by atoms with Crippen molar-refractivity contribution in [1.29, 1.82) is 0 Å². The van der Waals surface area contributed by atoms with Crippen molar-refractivity contribution < 1.29 is 24.3 Å². The Labute approximate surface area is 215 Å². The summed E-state index contributed by atoms with van der Waals surface area (Å²) in [6, 6.07) is 3.49. The first-order chi connectivity index (χ1) is 16.6. The molecule has 0 aliphatic heterocycles. The number of amides is 3. The lowest BCUT2D eigenvalue weighted by Gasteiger charge is -2.27. The Morgan fingerprint density at radius 2 is 1.63 bits per heavy atom. The number of thiol groups is 2. The minimum absolute atomic E-state index is 0.0272. The highest BCUT2D eigenvalue weighted by Crippen LogP contribution is 2.18. The van der Waals surface area contributed by atoms with Gasteiger partial charge in [-0.1, -0.05) is 38.5 Å². The molecule has 1 aromatic heterocycles. The van der Waals surface area contributed by atoms with Crippen molar-refractivity contribution in [2.24, 2.45) is 11.7 Å². The molecule has 0 bridgehead atoms. The van der Waals surface area contributed by atoms with Gasteiger partial charge in [0.05, 0.1) is 6.04 Å². The van der Waals surface area contributed by atoms with E-state index >= 15 is 0 Å². The number of carboxylic acid groups (broad SMARTS) is 1. The molecule has 1 aromatic carbocycles. The zero-order valence-corrected chi connectivity index (χ0v) is 21.4. The number of carbonyl (C=O) groups excluding carboxylic acids is 3. The van der Waals surface area contributed by atoms with Gasteiger partial charge in [0.2, 0.25) is 17.7 Å². The average Bonchev–Trinajstić information content (AvgIpc) is 3.25. The molecule has 192 valence electrons. The van der Waals surface area contributed by atoms with Crippen LogP contribution in [0.15, 0.2) is 30.5 Å². The van der Waals surface area contributed by atoms with E-state index in [0.29, 0.717) is 6.42 Å². The monoisotopic (exact) mass is 523 g/mol. The summed E-state index contributed by atoms with van der Waals surface area (Å²) in [6.45, 7) is 3.60. The lowest BCUT2D eigenvalue weighted by molar-refractivity contribution is -0.142. The van der Waals surface area contributed by atoms with Gasteiger partial charge >= 0.3 is 5.97 Å². The molecule has 0 saturated carbocycles. The van der Waals surface area contributed by atoms with Crippen molar-refractivity contribution in [3.05, 3.63) is 36.0 Å². The Morgan fingerprint density at radius 1 is 1.00 bits per heavy atom. The topological polar surface area (TPSA) is 166 Å². The number of benzene rings is 1. The molecular formula is C23H33N5O5S2. The predicted molar refractivity (Wildman–Crippen MR) is 141 cm³/mol. The van der Waals surface area contributed by atoms with E-state index in [1.54, 1.807) is 13.1 Å². The third-order valence-electron chi connectivity index (χ3n) is 5.86. The molecule has 12 heteroatoms. The van der Waals surface area contributed by atoms with Gasteiger partial charge in [-0.15, -0.1) is 0 Å². The van der Waals surface area contributed by atoms with Crippen molar-refractivity contribution >= 4 is 59.9 Å². The van der Waals surface area contributed by atoms with Crippen LogP contribution in [0.4, 0.5) is 0 Å². The number of hydrogen-bond acceptors (Lipinski definition) is 7. The highest BCUT2D eigenvalue weighted by Gasteiger charge is 2.32. The molecule has 0 radical (unpaired) electrons. The SMILES string of the molecule is CCC(C)C(NC(=O)C(CS)NC(=O)C(N)Cc1c[nH]c2ccccc12)C(=O)NC(CS)C(=O)O. The maximum absolute atomic E-state index is 12.9. The van der Waals surface area contributed by atoms with Crippen LogP contribution in [-0.2, 0) is 25.6 Å². The van der Waals surface area contributed by atoms with Gasteiger partial charge < -0.3 is 31.8 Å². The van der Waals surface area contributed by atoms with Gasteiger partial charge in [-0.05, 0) is 24.0 Å². The van der Waals surface area contributed by atoms with Gasteiger partial charge in [-0.3, -0.25) is 14.4 Å². The second kappa shape index (κ2) is 13.4. The standard InChI is InChI=1S/C23H33N5O5S2/c1-3-12(2)19(22(31)27-18(11-35)23(32)33)28-21(30)17(10-34)26-20(29)15(24)8-13-9-25-16-7-5-4-6-14(13)16/h4-7,9,12,15,17-19,25,34-35H,3,8,10-11,24H2,1-2H3,(H,26,29)(H,27,31)(H,28,30)(H,32,33). The number of para-hydroxylation sites is 1. The lowest BCUT2D eigenvalue weighted by atomic mass is 9.97. The van der Waals surface area contributed by atoms with Crippen molar-refractivity contribution in [2.45, 2.75) is 50.9 Å².